The largest absolute Gasteiger partial charge is 0.358 e. The number of carbonyl (C=O) groups excluding carboxylic acids is 2. The molecule has 2 aliphatic rings. The summed E-state index contributed by atoms with van der Waals surface area (Å²) in [7, 11) is 0. The number of anilines is 1. The van der Waals surface area contributed by atoms with Gasteiger partial charge in [0.25, 0.3) is 11.8 Å². The monoisotopic (exact) mass is 469 g/mol. The summed E-state index contributed by atoms with van der Waals surface area (Å²) >= 11 is 0. The highest BCUT2D eigenvalue weighted by Gasteiger charge is 2.31. The number of H-pyrrole nitrogens is 1. The van der Waals surface area contributed by atoms with Crippen molar-refractivity contribution in [3.05, 3.63) is 70.8 Å². The fourth-order valence-corrected chi connectivity index (χ4v) is 5.13. The van der Waals surface area contributed by atoms with E-state index in [2.05, 4.69) is 34.0 Å². The van der Waals surface area contributed by atoms with Gasteiger partial charge in [-0.3, -0.25) is 14.6 Å². The van der Waals surface area contributed by atoms with Crippen molar-refractivity contribution in [2.24, 2.45) is 0 Å². The number of likely N-dealkylation sites (N-methyl/N-ethyl adjacent to an activating group) is 1. The molecule has 4 heterocycles. The maximum Gasteiger partial charge on any atom is 0.256 e. The Morgan fingerprint density at radius 1 is 1.09 bits per heavy atom. The molecule has 0 radical (unpaired) electrons. The Bertz CT molecular complexity index is 1300. The minimum absolute atomic E-state index is 0.0746. The zero-order chi connectivity index (χ0) is 24.5. The molecule has 5 rings (SSSR count). The summed E-state index contributed by atoms with van der Waals surface area (Å²) in [6, 6.07) is 9.77. The molecule has 35 heavy (non-hydrogen) atoms. The minimum Gasteiger partial charge on any atom is -0.358 e. The molecule has 180 valence electrons. The average Bonchev–Trinajstić information content (AvgIpc) is 3.37. The Morgan fingerprint density at radius 3 is 2.60 bits per heavy atom. The van der Waals surface area contributed by atoms with Gasteiger partial charge >= 0.3 is 0 Å². The molecule has 3 aromatic rings. The zero-order valence-corrected chi connectivity index (χ0v) is 20.5. The van der Waals surface area contributed by atoms with E-state index in [0.29, 0.717) is 12.1 Å². The number of hydrogen-bond acceptors (Lipinski definition) is 4. The Hall–Kier alpha value is -3.71. The van der Waals surface area contributed by atoms with Crippen molar-refractivity contribution >= 4 is 29.2 Å². The summed E-state index contributed by atoms with van der Waals surface area (Å²) in [5.74, 6) is -0.0637. The van der Waals surface area contributed by atoms with Crippen LogP contribution in [0.5, 0.6) is 0 Å². The number of nitrogens with one attached hydrogen (secondary N) is 2. The van der Waals surface area contributed by atoms with Gasteiger partial charge in [0.15, 0.2) is 0 Å². The predicted molar refractivity (Wildman–Crippen MR) is 139 cm³/mol. The average molecular weight is 470 g/mol. The lowest BCUT2D eigenvalue weighted by molar-refractivity contribution is -0.110. The van der Waals surface area contributed by atoms with E-state index in [9.17, 15) is 9.59 Å². The van der Waals surface area contributed by atoms with Gasteiger partial charge in [0.1, 0.15) is 0 Å². The van der Waals surface area contributed by atoms with Crippen LogP contribution in [-0.2, 0) is 11.2 Å². The summed E-state index contributed by atoms with van der Waals surface area (Å²) in [5, 5.41) is 3.00. The van der Waals surface area contributed by atoms with E-state index in [1.807, 2.05) is 48.2 Å². The van der Waals surface area contributed by atoms with E-state index in [-0.39, 0.29) is 11.8 Å². The second-order valence-electron chi connectivity index (χ2n) is 9.06. The van der Waals surface area contributed by atoms with Gasteiger partial charge in [0.05, 0.1) is 11.1 Å². The number of aromatic nitrogens is 2. The Labute approximate surface area is 205 Å². The lowest BCUT2D eigenvalue weighted by Gasteiger charge is -2.29. The van der Waals surface area contributed by atoms with Crippen LogP contribution in [0.1, 0.15) is 46.7 Å². The first-order valence-corrected chi connectivity index (χ1v) is 12.3. The van der Waals surface area contributed by atoms with Crippen LogP contribution in [0, 0.1) is 6.92 Å². The molecule has 0 saturated carbocycles. The van der Waals surface area contributed by atoms with Gasteiger partial charge in [-0.05, 0) is 61.0 Å². The van der Waals surface area contributed by atoms with Crippen LogP contribution < -0.4 is 5.32 Å². The van der Waals surface area contributed by atoms with E-state index in [1.54, 1.807) is 12.4 Å². The van der Waals surface area contributed by atoms with Crippen molar-refractivity contribution in [2.45, 2.75) is 27.2 Å². The maximum atomic E-state index is 13.4. The summed E-state index contributed by atoms with van der Waals surface area (Å²) in [6.07, 6.45) is 6.19. The second kappa shape index (κ2) is 9.50. The normalized spacial score (nSPS) is 16.1. The van der Waals surface area contributed by atoms with Crippen LogP contribution in [0.15, 0.2) is 42.7 Å². The summed E-state index contributed by atoms with van der Waals surface area (Å²) < 4.78 is 0. The van der Waals surface area contributed by atoms with Gasteiger partial charge < -0.3 is 20.1 Å². The van der Waals surface area contributed by atoms with Gasteiger partial charge in [-0.2, -0.15) is 0 Å². The number of amides is 2. The highest BCUT2D eigenvalue weighted by molar-refractivity contribution is 6.36. The van der Waals surface area contributed by atoms with E-state index in [4.69, 9.17) is 0 Å². The summed E-state index contributed by atoms with van der Waals surface area (Å²) in [5.41, 5.74) is 7.67. The zero-order valence-electron chi connectivity index (χ0n) is 20.5. The highest BCUT2D eigenvalue weighted by atomic mass is 16.2. The van der Waals surface area contributed by atoms with Gasteiger partial charge in [-0.15, -0.1) is 0 Å². The number of pyridine rings is 1. The molecular weight excluding hydrogens is 438 g/mol. The molecule has 0 unspecified atom stereocenters. The van der Waals surface area contributed by atoms with Crippen molar-refractivity contribution < 1.29 is 9.59 Å². The van der Waals surface area contributed by atoms with Gasteiger partial charge in [0.2, 0.25) is 0 Å². The quantitative estimate of drug-likeness (QED) is 0.508. The van der Waals surface area contributed by atoms with Crippen molar-refractivity contribution in [3.8, 4) is 11.1 Å². The number of aromatic amines is 1. The Morgan fingerprint density at radius 2 is 1.86 bits per heavy atom. The van der Waals surface area contributed by atoms with Crippen molar-refractivity contribution in [3.63, 3.8) is 0 Å². The molecule has 2 amide bonds. The molecule has 7 heteroatoms. The molecule has 1 aromatic carbocycles. The van der Waals surface area contributed by atoms with E-state index >= 15 is 0 Å². The van der Waals surface area contributed by atoms with Crippen LogP contribution in [0.3, 0.4) is 0 Å². The Balaban J connectivity index is 1.49. The fourth-order valence-electron chi connectivity index (χ4n) is 5.13. The number of fused-ring (bicyclic) bond motifs is 2. The predicted octanol–water partition coefficient (Wildman–Crippen LogP) is 4.22. The van der Waals surface area contributed by atoms with Gasteiger partial charge in [0, 0.05) is 61.1 Å². The van der Waals surface area contributed by atoms with E-state index in [1.165, 1.54) is 0 Å². The molecule has 0 atom stereocenters. The van der Waals surface area contributed by atoms with Crippen LogP contribution in [0.25, 0.3) is 22.8 Å². The molecule has 0 fully saturated rings. The highest BCUT2D eigenvalue weighted by Crippen LogP contribution is 2.40. The van der Waals surface area contributed by atoms with Crippen LogP contribution in [0.4, 0.5) is 5.69 Å². The number of nitrogens with zero attached hydrogens (tertiary/aromatic N) is 3. The SMILES string of the molecule is CCN(CC)CCN1CCc2[nH]c(/C=C3\C(=O)Nc4cccc(-c5ccncc5)c43)c(C)c2C1=O. The lowest BCUT2D eigenvalue weighted by Crippen LogP contribution is -2.42. The van der Waals surface area contributed by atoms with Gasteiger partial charge in [-0.25, -0.2) is 0 Å². The molecule has 2 aliphatic heterocycles. The molecule has 2 aromatic heterocycles. The van der Waals surface area contributed by atoms with Gasteiger partial charge in [-0.1, -0.05) is 26.0 Å². The standard InChI is InChI=1S/C28H31N5O2/c1-4-32(5-2)15-16-33-14-11-23-25(28(33)35)18(3)24(30-23)17-21-26-20(19-9-12-29-13-10-19)7-6-8-22(26)31-27(21)34/h6-10,12-13,17,30H,4-5,11,14-16H2,1-3H3,(H,31,34)/b21-17-. The van der Waals surface area contributed by atoms with Crippen molar-refractivity contribution in [1.29, 1.82) is 0 Å². The molecule has 0 bridgehead atoms. The molecular formula is C28H31N5O2. The van der Waals surface area contributed by atoms with E-state index < -0.39 is 0 Å². The second-order valence-corrected chi connectivity index (χ2v) is 9.06. The first-order chi connectivity index (χ1) is 17.0. The topological polar surface area (TPSA) is 81.3 Å². The third-order valence-electron chi connectivity index (χ3n) is 7.19. The molecule has 0 spiro atoms. The molecule has 0 aliphatic carbocycles. The fraction of sp³-hybridized carbons (Fsp3) is 0.321. The number of benzene rings is 1. The van der Waals surface area contributed by atoms with Crippen molar-refractivity contribution in [2.75, 3.05) is 38.0 Å². The first kappa shape index (κ1) is 23.1. The maximum absolute atomic E-state index is 13.4. The van der Waals surface area contributed by atoms with E-state index in [0.717, 1.165) is 77.5 Å². The number of rotatable bonds is 7. The molecule has 0 saturated heterocycles. The van der Waals surface area contributed by atoms with Crippen LogP contribution >= 0.6 is 0 Å². The first-order valence-electron chi connectivity index (χ1n) is 12.3. The summed E-state index contributed by atoms with van der Waals surface area (Å²) in [4.78, 5) is 38.2. The van der Waals surface area contributed by atoms with Crippen LogP contribution in [-0.4, -0.2) is 64.3 Å². The Kier molecular flexibility index (Phi) is 6.26. The third-order valence-corrected chi connectivity index (χ3v) is 7.19. The van der Waals surface area contributed by atoms with Crippen molar-refractivity contribution in [1.82, 2.24) is 19.8 Å². The molecule has 2 N–H and O–H groups in total. The smallest absolute Gasteiger partial charge is 0.256 e. The number of carbonyl (C=O) groups is 2. The summed E-state index contributed by atoms with van der Waals surface area (Å²) in [6.45, 7) is 10.5. The van der Waals surface area contributed by atoms with Crippen LogP contribution in [0.2, 0.25) is 0 Å². The number of hydrogen-bond donors (Lipinski definition) is 2. The minimum atomic E-state index is -0.138. The third kappa shape index (κ3) is 4.17. The molecule has 7 nitrogen and oxygen atoms in total. The lowest BCUT2D eigenvalue weighted by atomic mass is 9.94.